The molecule has 4 N–H and O–H groups in total. The van der Waals surface area contributed by atoms with Gasteiger partial charge in [-0.25, -0.2) is 0 Å². The van der Waals surface area contributed by atoms with E-state index in [9.17, 15) is 0 Å². The summed E-state index contributed by atoms with van der Waals surface area (Å²) >= 11 is 4.88. The van der Waals surface area contributed by atoms with E-state index in [1.54, 1.807) is 21.3 Å². The van der Waals surface area contributed by atoms with Gasteiger partial charge in [0.25, 0.3) is 5.11 Å². The fourth-order valence-electron chi connectivity index (χ4n) is 1.31. The summed E-state index contributed by atoms with van der Waals surface area (Å²) in [6, 6.07) is 0. The molecule has 14 heavy (non-hydrogen) atoms. The van der Waals surface area contributed by atoms with E-state index in [0.29, 0.717) is 5.11 Å². The molecule has 0 saturated carbocycles. The first-order valence-electron chi connectivity index (χ1n) is 4.34. The highest BCUT2D eigenvalue weighted by Crippen LogP contribution is 2.14. The van der Waals surface area contributed by atoms with Crippen LogP contribution >= 0.6 is 12.2 Å². The molecule has 0 aromatic rings. The fraction of sp³-hybridized carbons (Fsp3) is 0.857. The molecule has 1 atom stereocenters. The van der Waals surface area contributed by atoms with Gasteiger partial charge in [0, 0.05) is 33.5 Å². The van der Waals surface area contributed by atoms with Crippen molar-refractivity contribution in [3.05, 3.63) is 0 Å². The van der Waals surface area contributed by atoms with Crippen LogP contribution in [0.2, 0.25) is 0 Å². The average Bonchev–Trinajstić information content (AvgIpc) is 2.19. The number of rotatable bonds is 6. The Kier molecular flexibility index (Phi) is 6.41. The molecule has 84 valence electrons. The summed E-state index contributed by atoms with van der Waals surface area (Å²) in [7, 11) is 2.09. The first-order valence-corrected chi connectivity index (χ1v) is 6.55. The van der Waals surface area contributed by atoms with Crippen LogP contribution in [-0.2, 0) is 13.3 Å². The number of thiocarbonyl (C=S) groups is 1. The Bertz CT molecular complexity index is 182. The minimum atomic E-state index is -2.65. The first kappa shape index (κ1) is 13.9. The van der Waals surface area contributed by atoms with Gasteiger partial charge in [0.05, 0.1) is 0 Å². The third-order valence-corrected chi connectivity index (χ3v) is 5.25. The number of hydrogen-bond acceptors (Lipinski definition) is 4. The highest BCUT2D eigenvalue weighted by molar-refractivity contribution is 7.79. The van der Waals surface area contributed by atoms with Gasteiger partial charge in [-0.2, -0.15) is 0 Å². The maximum atomic E-state index is 5.33. The van der Waals surface area contributed by atoms with Crippen LogP contribution in [0.1, 0.15) is 13.3 Å². The Labute approximate surface area is 91.3 Å². The molecule has 0 aromatic carbocycles. The van der Waals surface area contributed by atoms with Crippen LogP contribution in [-0.4, -0.2) is 40.9 Å². The maximum absolute atomic E-state index is 5.33. The monoisotopic (exact) mass is 239 g/mol. The number of nitrogens with one attached hydrogen (secondary N) is 1. The van der Waals surface area contributed by atoms with Crippen LogP contribution in [0.4, 0.5) is 0 Å². The summed E-state index contributed by atoms with van der Waals surface area (Å²) in [5.41, 5.74) is 3.57. The number of hydrogen-bond donors (Lipinski definition) is 2. The molecule has 0 aliphatic rings. The third-order valence-electron chi connectivity index (χ3n) is 2.02. The maximum Gasteiger partial charge on any atom is 0.523 e. The molecule has 0 aliphatic heterocycles. The van der Waals surface area contributed by atoms with Crippen molar-refractivity contribution in [2.75, 3.05) is 21.3 Å². The van der Waals surface area contributed by atoms with Crippen molar-refractivity contribution in [1.29, 1.82) is 0 Å². The number of quaternary nitrogens is 1. The molecular formula is C7H19N2O3SSi+. The molecule has 0 fully saturated rings. The second-order valence-corrected chi connectivity index (χ2v) is 6.37. The van der Waals surface area contributed by atoms with Gasteiger partial charge in [0.2, 0.25) is 0 Å². The van der Waals surface area contributed by atoms with Crippen molar-refractivity contribution >= 4 is 26.1 Å². The zero-order valence-electron chi connectivity index (χ0n) is 9.12. The standard InChI is InChI=1S/C7H18N2O3SSi/c1-5-6(9-7(8)13)14(10-2,11-3)12-4/h6H,5H2,1-4H3,(H3,8,9,13)/p+1. The van der Waals surface area contributed by atoms with Gasteiger partial charge in [-0.1, -0.05) is 6.92 Å². The van der Waals surface area contributed by atoms with E-state index in [0.717, 1.165) is 6.42 Å². The van der Waals surface area contributed by atoms with E-state index in [4.69, 9.17) is 25.5 Å². The van der Waals surface area contributed by atoms with E-state index in [-0.39, 0.29) is 5.67 Å². The second kappa shape index (κ2) is 6.43. The van der Waals surface area contributed by atoms with Crippen molar-refractivity contribution < 1.29 is 19.0 Å². The van der Waals surface area contributed by atoms with Crippen LogP contribution in [0, 0.1) is 0 Å². The minimum Gasteiger partial charge on any atom is -0.376 e. The lowest BCUT2D eigenvalue weighted by molar-refractivity contribution is -0.215. The molecule has 5 nitrogen and oxygen atoms in total. The highest BCUT2D eigenvalue weighted by atomic mass is 32.1. The van der Waals surface area contributed by atoms with Crippen molar-refractivity contribution in [3.63, 3.8) is 0 Å². The summed E-state index contributed by atoms with van der Waals surface area (Å²) in [5.74, 6) is 0. The van der Waals surface area contributed by atoms with Gasteiger partial charge < -0.3 is 24.3 Å². The molecule has 0 bridgehead atoms. The lowest BCUT2D eigenvalue weighted by Gasteiger charge is -2.31. The van der Waals surface area contributed by atoms with Crippen molar-refractivity contribution in [2.24, 2.45) is 0 Å². The summed E-state index contributed by atoms with van der Waals surface area (Å²) < 4.78 is 16.0. The normalized spacial score (nSPS) is 13.8. The average molecular weight is 239 g/mol. The topological polar surface area (TPSA) is 67.4 Å². The summed E-state index contributed by atoms with van der Waals surface area (Å²) in [4.78, 5) is 0. The lowest BCUT2D eigenvalue weighted by Crippen LogP contribution is -2.70. The van der Waals surface area contributed by atoms with E-state index in [1.807, 2.05) is 6.92 Å². The molecule has 0 saturated heterocycles. The SMILES string of the molecule is CCC(NC([NH3+])=S)[Si](OC)(OC)OC. The van der Waals surface area contributed by atoms with Crippen molar-refractivity contribution in [1.82, 2.24) is 5.32 Å². The summed E-state index contributed by atoms with van der Waals surface area (Å²) in [5, 5.41) is 3.50. The smallest absolute Gasteiger partial charge is 0.376 e. The summed E-state index contributed by atoms with van der Waals surface area (Å²) in [6.07, 6.45) is 0.803. The third kappa shape index (κ3) is 3.26. The van der Waals surface area contributed by atoms with Gasteiger partial charge in [0.15, 0.2) is 0 Å². The second-order valence-electron chi connectivity index (χ2n) is 2.74. The molecular weight excluding hydrogens is 220 g/mol. The van der Waals surface area contributed by atoms with E-state index >= 15 is 0 Å². The fourth-order valence-corrected chi connectivity index (χ4v) is 3.76. The van der Waals surface area contributed by atoms with E-state index in [1.165, 1.54) is 0 Å². The summed E-state index contributed by atoms with van der Waals surface area (Å²) in [6.45, 7) is 2.01. The molecule has 7 heteroatoms. The molecule has 0 radical (unpaired) electrons. The van der Waals surface area contributed by atoms with Crippen molar-refractivity contribution in [3.8, 4) is 0 Å². The van der Waals surface area contributed by atoms with Crippen LogP contribution in [0.25, 0.3) is 0 Å². The van der Waals surface area contributed by atoms with Crippen LogP contribution in [0.3, 0.4) is 0 Å². The molecule has 0 rings (SSSR count). The minimum absolute atomic E-state index is 0.0486. The zero-order valence-corrected chi connectivity index (χ0v) is 10.9. The molecule has 0 spiro atoms. The molecule has 0 amide bonds. The van der Waals surface area contributed by atoms with Crippen molar-refractivity contribution in [2.45, 2.75) is 19.0 Å². The van der Waals surface area contributed by atoms with Gasteiger partial charge in [-0.3, -0.25) is 0 Å². The van der Waals surface area contributed by atoms with Crippen LogP contribution < -0.4 is 11.1 Å². The highest BCUT2D eigenvalue weighted by Gasteiger charge is 2.47. The van der Waals surface area contributed by atoms with E-state index < -0.39 is 8.80 Å². The molecule has 1 unspecified atom stereocenters. The molecule has 0 aromatic heterocycles. The Morgan fingerprint density at radius 2 is 1.79 bits per heavy atom. The van der Waals surface area contributed by atoms with Crippen LogP contribution in [0.15, 0.2) is 0 Å². The Balaban J connectivity index is 4.64. The first-order chi connectivity index (χ1) is 6.56. The van der Waals surface area contributed by atoms with Gasteiger partial charge in [-0.15, -0.1) is 0 Å². The van der Waals surface area contributed by atoms with Gasteiger partial charge >= 0.3 is 8.80 Å². The van der Waals surface area contributed by atoms with Gasteiger partial charge in [-0.05, 0) is 6.42 Å². The Morgan fingerprint density at radius 3 is 2.00 bits per heavy atom. The van der Waals surface area contributed by atoms with E-state index in [2.05, 4.69) is 11.1 Å². The largest absolute Gasteiger partial charge is 0.523 e. The lowest BCUT2D eigenvalue weighted by atomic mass is 10.5. The van der Waals surface area contributed by atoms with Gasteiger partial charge in [0.1, 0.15) is 5.67 Å². The predicted molar refractivity (Wildman–Crippen MR) is 59.5 cm³/mol. The predicted octanol–water partition coefficient (Wildman–Crippen LogP) is -0.701. The quantitative estimate of drug-likeness (QED) is 0.474. The molecule has 0 heterocycles. The zero-order chi connectivity index (χ0) is 11.2. The Hall–Kier alpha value is -0.0531. The van der Waals surface area contributed by atoms with Crippen LogP contribution in [0.5, 0.6) is 0 Å². The molecule has 0 aliphatic carbocycles. The Morgan fingerprint density at radius 1 is 1.36 bits per heavy atom.